The van der Waals surface area contributed by atoms with Gasteiger partial charge in [0, 0.05) is 12.2 Å². The van der Waals surface area contributed by atoms with Crippen LogP contribution in [0.3, 0.4) is 0 Å². The molecular weight excluding hydrogens is 457 g/mol. The van der Waals surface area contributed by atoms with Gasteiger partial charge in [0.05, 0.1) is 13.2 Å². The minimum Gasteiger partial charge on any atom is -0.463 e. The van der Waals surface area contributed by atoms with Crippen LogP contribution in [-0.4, -0.2) is 50.3 Å². The van der Waals surface area contributed by atoms with Crippen LogP contribution in [0.25, 0.3) is 0 Å². The molecule has 0 heterocycles. The lowest BCUT2D eigenvalue weighted by Crippen LogP contribution is -2.61. The quantitative estimate of drug-likeness (QED) is 0.153. The van der Waals surface area contributed by atoms with E-state index in [2.05, 4.69) is 58.0 Å². The second kappa shape index (κ2) is 13.0. The monoisotopic (exact) mass is 494 g/mol. The van der Waals surface area contributed by atoms with Gasteiger partial charge < -0.3 is 17.7 Å². The van der Waals surface area contributed by atoms with Gasteiger partial charge in [0.25, 0.3) is 0 Å². The molecule has 0 aromatic heterocycles. The number of ether oxygens (including phenoxy) is 2. The largest absolute Gasteiger partial charge is 0.463 e. The molecule has 0 amide bonds. The zero-order valence-electron chi connectivity index (χ0n) is 20.1. The van der Waals surface area contributed by atoms with Crippen LogP contribution in [0.5, 0.6) is 0 Å². The van der Waals surface area contributed by atoms with Crippen molar-refractivity contribution in [3.63, 3.8) is 0 Å². The van der Waals surface area contributed by atoms with Crippen molar-refractivity contribution in [3.05, 3.63) is 55.6 Å². The van der Waals surface area contributed by atoms with E-state index >= 15 is 0 Å². The molecule has 0 bridgehead atoms. The first-order valence-corrected chi connectivity index (χ1v) is 19.5. The van der Waals surface area contributed by atoms with Crippen molar-refractivity contribution < 1.29 is 27.3 Å². The number of benzene rings is 1. The van der Waals surface area contributed by atoms with Gasteiger partial charge in [0.15, 0.2) is 16.6 Å². The van der Waals surface area contributed by atoms with Crippen molar-refractivity contribution in [1.82, 2.24) is 0 Å². The lowest BCUT2D eigenvalue weighted by Gasteiger charge is -2.41. The maximum atomic E-state index is 11.3. The molecule has 0 spiro atoms. The number of carbonyl (C=O) groups excluding carboxylic acids is 2. The van der Waals surface area contributed by atoms with E-state index in [1.807, 2.05) is 18.2 Å². The average molecular weight is 495 g/mol. The van der Waals surface area contributed by atoms with Gasteiger partial charge in [-0.05, 0) is 62.9 Å². The molecule has 0 aliphatic carbocycles. The third-order valence-corrected chi connectivity index (χ3v) is 16.9. The van der Waals surface area contributed by atoms with E-state index in [9.17, 15) is 9.59 Å². The van der Waals surface area contributed by atoms with E-state index in [-0.39, 0.29) is 0 Å². The Morgan fingerprint density at radius 3 is 1.56 bits per heavy atom. The molecule has 1 aromatic carbocycles. The topological polar surface area (TPSA) is 71.1 Å². The van der Waals surface area contributed by atoms with Crippen molar-refractivity contribution in [1.29, 1.82) is 0 Å². The first kappa shape index (κ1) is 28.2. The summed E-state index contributed by atoms with van der Waals surface area (Å²) in [7, 11) is -6.90. The van der Waals surface area contributed by atoms with Gasteiger partial charge in [-0.15, -0.1) is 0 Å². The highest BCUT2D eigenvalue weighted by molar-refractivity contribution is 6.94. The predicted octanol–water partition coefficient (Wildman–Crippen LogP) is 4.65. The van der Waals surface area contributed by atoms with Crippen LogP contribution in [0.15, 0.2) is 55.6 Å². The Morgan fingerprint density at radius 2 is 1.19 bits per heavy atom. The lowest BCUT2D eigenvalue weighted by molar-refractivity contribution is -0.138. The second-order valence-electron chi connectivity index (χ2n) is 8.99. The van der Waals surface area contributed by atoms with Crippen LogP contribution in [0.1, 0.15) is 12.8 Å². The Bertz CT molecular complexity index is 722. The molecule has 1 aromatic rings. The zero-order valence-corrected chi connectivity index (χ0v) is 23.1. The third kappa shape index (κ3) is 10.7. The molecule has 0 fully saturated rings. The molecule has 6 nitrogen and oxygen atoms in total. The number of hydrogen-bond acceptors (Lipinski definition) is 6. The number of rotatable bonds is 15. The van der Waals surface area contributed by atoms with Gasteiger partial charge in [0.2, 0.25) is 0 Å². The molecule has 32 heavy (non-hydrogen) atoms. The highest BCUT2D eigenvalue weighted by Gasteiger charge is 2.44. The second-order valence-corrected chi connectivity index (χ2v) is 21.1. The average Bonchev–Trinajstić information content (AvgIpc) is 2.73. The molecule has 0 aliphatic heterocycles. The summed E-state index contributed by atoms with van der Waals surface area (Å²) in [4.78, 5) is 22.5. The van der Waals surface area contributed by atoms with E-state index in [0.717, 1.165) is 30.1 Å². The summed E-state index contributed by atoms with van der Waals surface area (Å²) in [5.41, 5.74) is 0. The summed E-state index contributed by atoms with van der Waals surface area (Å²) in [6.07, 6.45) is 3.84. The molecule has 1 rings (SSSR count). The standard InChI is InChI=1S/C23H38O6Si3/c1-8-22(24)26-17-13-19-30(3,4)28-32(7,21-15-11-10-12-16-21)29-31(5,6)20-14-18-27-23(25)9-2/h8-12,15-16H,1-2,13-14,17-20H2,3-7H3. The van der Waals surface area contributed by atoms with Gasteiger partial charge in [-0.2, -0.15) is 0 Å². The first-order valence-electron chi connectivity index (χ1n) is 11.0. The summed E-state index contributed by atoms with van der Waals surface area (Å²) < 4.78 is 24.0. The molecule has 0 radical (unpaired) electrons. The van der Waals surface area contributed by atoms with Gasteiger partial charge >= 0.3 is 20.5 Å². The third-order valence-electron chi connectivity index (χ3n) is 4.91. The predicted molar refractivity (Wildman–Crippen MR) is 136 cm³/mol. The summed E-state index contributed by atoms with van der Waals surface area (Å²) in [6, 6.07) is 11.9. The lowest BCUT2D eigenvalue weighted by atomic mass is 10.4. The van der Waals surface area contributed by atoms with Gasteiger partial charge in [0.1, 0.15) is 0 Å². The smallest absolute Gasteiger partial charge is 0.348 e. The van der Waals surface area contributed by atoms with Crippen molar-refractivity contribution in [2.24, 2.45) is 0 Å². The molecule has 0 aliphatic rings. The molecule has 0 unspecified atom stereocenters. The minimum absolute atomic E-state index is 0.360. The van der Waals surface area contributed by atoms with Crippen LogP contribution in [0.2, 0.25) is 44.8 Å². The summed E-state index contributed by atoms with van der Waals surface area (Å²) >= 11 is 0. The SMILES string of the molecule is C=CC(=O)OCCC[Si](C)(C)O[Si](C)(O[Si](C)(C)CCCOC(=O)C=C)c1ccccc1. The highest BCUT2D eigenvalue weighted by Crippen LogP contribution is 2.26. The zero-order chi connectivity index (χ0) is 24.3. The highest BCUT2D eigenvalue weighted by atomic mass is 28.5. The van der Waals surface area contributed by atoms with E-state index in [1.54, 1.807) is 0 Å². The Morgan fingerprint density at radius 1 is 0.781 bits per heavy atom. The Hall–Kier alpha value is -1.79. The molecule has 9 heteroatoms. The Labute approximate surface area is 196 Å². The fourth-order valence-electron chi connectivity index (χ4n) is 3.50. The van der Waals surface area contributed by atoms with Crippen LogP contribution < -0.4 is 5.19 Å². The fourth-order valence-corrected chi connectivity index (χ4v) is 17.0. The number of esters is 2. The molecule has 178 valence electrons. The molecule has 0 saturated heterocycles. The van der Waals surface area contributed by atoms with Crippen LogP contribution in [-0.2, 0) is 27.3 Å². The molecule has 0 atom stereocenters. The Balaban J connectivity index is 2.85. The minimum atomic E-state index is -2.70. The van der Waals surface area contributed by atoms with Crippen molar-refractivity contribution in [2.45, 2.75) is 57.7 Å². The van der Waals surface area contributed by atoms with Crippen molar-refractivity contribution in [3.8, 4) is 0 Å². The van der Waals surface area contributed by atoms with Gasteiger partial charge in [-0.3, -0.25) is 0 Å². The van der Waals surface area contributed by atoms with Gasteiger partial charge in [-0.1, -0.05) is 43.5 Å². The molecular formula is C23H38O6Si3. The van der Waals surface area contributed by atoms with Crippen molar-refractivity contribution >= 4 is 42.3 Å². The first-order chi connectivity index (χ1) is 14.9. The van der Waals surface area contributed by atoms with E-state index in [1.165, 1.54) is 12.2 Å². The van der Waals surface area contributed by atoms with Crippen LogP contribution in [0.4, 0.5) is 0 Å². The number of carbonyl (C=O) groups is 2. The molecule has 0 saturated carbocycles. The Kier molecular flexibility index (Phi) is 11.5. The van der Waals surface area contributed by atoms with Crippen molar-refractivity contribution in [2.75, 3.05) is 13.2 Å². The van der Waals surface area contributed by atoms with E-state index in [4.69, 9.17) is 17.7 Å². The van der Waals surface area contributed by atoms with Crippen LogP contribution >= 0.6 is 0 Å². The molecule has 0 N–H and O–H groups in total. The summed E-state index contributed by atoms with van der Waals surface area (Å²) in [6.45, 7) is 18.4. The van der Waals surface area contributed by atoms with Gasteiger partial charge in [-0.25, -0.2) is 9.59 Å². The summed E-state index contributed by atoms with van der Waals surface area (Å²) in [5.74, 6) is -0.799. The maximum Gasteiger partial charge on any atom is 0.348 e. The van der Waals surface area contributed by atoms with E-state index in [0.29, 0.717) is 13.2 Å². The number of hydrogen-bond donors (Lipinski definition) is 0. The summed E-state index contributed by atoms with van der Waals surface area (Å²) in [5, 5.41) is 1.11. The fraction of sp³-hybridized carbons (Fsp3) is 0.478. The van der Waals surface area contributed by atoms with E-state index < -0.39 is 37.1 Å². The normalized spacial score (nSPS) is 12.2. The van der Waals surface area contributed by atoms with Crippen LogP contribution in [0, 0.1) is 0 Å². The maximum absolute atomic E-state index is 11.3.